The molecule has 0 radical (unpaired) electrons. The van der Waals surface area contributed by atoms with E-state index in [2.05, 4.69) is 5.32 Å². The zero-order valence-corrected chi connectivity index (χ0v) is 24.0. The first-order valence-electron chi connectivity index (χ1n) is 13.1. The summed E-state index contributed by atoms with van der Waals surface area (Å²) in [6.45, 7) is 5.59. The van der Waals surface area contributed by atoms with Crippen molar-refractivity contribution in [1.82, 2.24) is 10.2 Å². The quantitative estimate of drug-likeness (QED) is 0.324. The van der Waals surface area contributed by atoms with E-state index < -0.39 is 34.3 Å². The Balaban J connectivity index is 2.01. The van der Waals surface area contributed by atoms with Crippen LogP contribution < -0.4 is 14.4 Å². The molecule has 1 atom stereocenters. The van der Waals surface area contributed by atoms with Gasteiger partial charge in [0.15, 0.2) is 0 Å². The molecule has 0 unspecified atom stereocenters. The number of nitrogens with one attached hydrogen (secondary N) is 1. The minimum atomic E-state index is -4.18. The number of rotatable bonds is 13. The van der Waals surface area contributed by atoms with Crippen LogP contribution in [-0.4, -0.2) is 51.4 Å². The fourth-order valence-electron chi connectivity index (χ4n) is 4.13. The molecule has 0 aromatic heterocycles. The molecule has 3 aromatic rings. The fourth-order valence-corrected chi connectivity index (χ4v) is 5.54. The van der Waals surface area contributed by atoms with Crippen LogP contribution in [0.15, 0.2) is 83.8 Å². The molecule has 0 heterocycles. The molecule has 40 heavy (non-hydrogen) atoms. The van der Waals surface area contributed by atoms with Crippen molar-refractivity contribution in [2.24, 2.45) is 5.92 Å². The van der Waals surface area contributed by atoms with Gasteiger partial charge in [-0.1, -0.05) is 51.1 Å². The average Bonchev–Trinajstić information content (AvgIpc) is 2.95. The number of anilines is 1. The number of amides is 2. The topological polar surface area (TPSA) is 96.0 Å². The molecule has 0 aliphatic heterocycles. The second kappa shape index (κ2) is 13.9. The second-order valence-electron chi connectivity index (χ2n) is 9.73. The summed E-state index contributed by atoms with van der Waals surface area (Å²) >= 11 is 0. The number of carbonyl (C=O) groups is 2. The molecule has 0 bridgehead atoms. The highest BCUT2D eigenvalue weighted by atomic mass is 32.2. The van der Waals surface area contributed by atoms with Gasteiger partial charge in [0.05, 0.1) is 17.7 Å². The number of carbonyl (C=O) groups excluding carboxylic acids is 2. The van der Waals surface area contributed by atoms with Crippen LogP contribution >= 0.6 is 0 Å². The van der Waals surface area contributed by atoms with Gasteiger partial charge in [-0.2, -0.15) is 0 Å². The monoisotopic (exact) mass is 569 g/mol. The number of hydrogen-bond donors (Lipinski definition) is 1. The molecular formula is C30H36FN3O5S. The minimum absolute atomic E-state index is 0.00205. The molecule has 0 aliphatic rings. The van der Waals surface area contributed by atoms with Gasteiger partial charge in [0, 0.05) is 13.1 Å². The van der Waals surface area contributed by atoms with Gasteiger partial charge in [0.25, 0.3) is 10.0 Å². The third-order valence-corrected chi connectivity index (χ3v) is 8.10. The molecule has 0 saturated heterocycles. The zero-order valence-electron chi connectivity index (χ0n) is 23.2. The maximum absolute atomic E-state index is 14.0. The summed E-state index contributed by atoms with van der Waals surface area (Å²) in [6.07, 6.45) is 0.299. The Morgan fingerprint density at radius 2 is 1.57 bits per heavy atom. The van der Waals surface area contributed by atoms with Crippen LogP contribution in [-0.2, 0) is 26.2 Å². The van der Waals surface area contributed by atoms with Crippen LogP contribution in [0.2, 0.25) is 0 Å². The van der Waals surface area contributed by atoms with E-state index in [4.69, 9.17) is 4.74 Å². The van der Waals surface area contributed by atoms with Crippen LogP contribution in [0.1, 0.15) is 32.8 Å². The van der Waals surface area contributed by atoms with Gasteiger partial charge in [0.1, 0.15) is 24.2 Å². The summed E-state index contributed by atoms with van der Waals surface area (Å²) in [5.41, 5.74) is 0.903. The summed E-state index contributed by atoms with van der Waals surface area (Å²) in [5.74, 6) is -0.646. The van der Waals surface area contributed by atoms with Gasteiger partial charge in [-0.15, -0.1) is 0 Å². The molecule has 2 amide bonds. The highest BCUT2D eigenvalue weighted by Crippen LogP contribution is 2.26. The number of ether oxygens (including phenoxy) is 1. The first-order chi connectivity index (χ1) is 19.1. The smallest absolute Gasteiger partial charge is 0.264 e. The number of para-hydroxylation sites is 1. The number of benzene rings is 3. The van der Waals surface area contributed by atoms with E-state index in [-0.39, 0.29) is 23.3 Å². The van der Waals surface area contributed by atoms with E-state index in [1.807, 2.05) is 13.8 Å². The first-order valence-corrected chi connectivity index (χ1v) is 14.5. The van der Waals surface area contributed by atoms with Crippen molar-refractivity contribution < 1.29 is 27.1 Å². The van der Waals surface area contributed by atoms with Crippen molar-refractivity contribution >= 4 is 27.5 Å². The Kier molecular flexibility index (Phi) is 10.7. The van der Waals surface area contributed by atoms with Gasteiger partial charge in [0.2, 0.25) is 11.8 Å². The largest absolute Gasteiger partial charge is 0.497 e. The molecule has 0 aliphatic carbocycles. The lowest BCUT2D eigenvalue weighted by molar-refractivity contribution is -0.140. The van der Waals surface area contributed by atoms with E-state index >= 15 is 0 Å². The normalized spacial score (nSPS) is 12.1. The van der Waals surface area contributed by atoms with E-state index in [1.165, 1.54) is 60.5 Å². The number of halogens is 1. The third kappa shape index (κ3) is 7.81. The number of nitrogens with zero attached hydrogens (tertiary/aromatic N) is 2. The van der Waals surface area contributed by atoms with E-state index in [0.29, 0.717) is 30.0 Å². The summed E-state index contributed by atoms with van der Waals surface area (Å²) in [4.78, 5) is 28.5. The lowest BCUT2D eigenvalue weighted by Gasteiger charge is -2.33. The van der Waals surface area contributed by atoms with Crippen LogP contribution in [0.4, 0.5) is 10.1 Å². The maximum Gasteiger partial charge on any atom is 0.264 e. The van der Waals surface area contributed by atoms with Gasteiger partial charge in [-0.25, -0.2) is 12.8 Å². The van der Waals surface area contributed by atoms with Crippen molar-refractivity contribution in [2.75, 3.05) is 24.5 Å². The Morgan fingerprint density at radius 1 is 0.950 bits per heavy atom. The van der Waals surface area contributed by atoms with Crippen molar-refractivity contribution in [3.63, 3.8) is 0 Å². The Hall–Kier alpha value is -3.92. The molecule has 3 rings (SSSR count). The molecule has 0 saturated carbocycles. The maximum atomic E-state index is 14.0. The van der Waals surface area contributed by atoms with E-state index in [1.54, 1.807) is 37.3 Å². The molecule has 0 spiro atoms. The van der Waals surface area contributed by atoms with Crippen molar-refractivity contribution in [3.05, 3.63) is 90.2 Å². The van der Waals surface area contributed by atoms with Crippen LogP contribution in [0.25, 0.3) is 0 Å². The highest BCUT2D eigenvalue weighted by molar-refractivity contribution is 7.92. The van der Waals surface area contributed by atoms with Gasteiger partial charge in [-0.3, -0.25) is 13.9 Å². The van der Waals surface area contributed by atoms with Gasteiger partial charge >= 0.3 is 0 Å². The molecule has 1 N–H and O–H groups in total. The van der Waals surface area contributed by atoms with E-state index in [0.717, 1.165) is 4.31 Å². The first kappa shape index (κ1) is 30.6. The van der Waals surface area contributed by atoms with Gasteiger partial charge in [-0.05, 0) is 66.4 Å². The lowest BCUT2D eigenvalue weighted by Crippen LogP contribution is -2.52. The standard InChI is InChI=1S/C30H36FN3O5S/c1-5-28(30(36)32-19-22(2)3)33(20-23-11-13-24(31)14-12-23)29(35)21-34(25-9-7-6-8-10-25)40(37,38)27-17-15-26(39-4)16-18-27/h6-18,22,28H,5,19-21H2,1-4H3,(H,32,36)/t28-/m0/s1. The van der Waals surface area contributed by atoms with Crippen molar-refractivity contribution in [3.8, 4) is 5.75 Å². The molecule has 214 valence electrons. The summed E-state index contributed by atoms with van der Waals surface area (Å²) in [5, 5.41) is 2.88. The molecule has 8 nitrogen and oxygen atoms in total. The van der Waals surface area contributed by atoms with Crippen molar-refractivity contribution in [1.29, 1.82) is 0 Å². The lowest BCUT2D eigenvalue weighted by atomic mass is 10.1. The zero-order chi connectivity index (χ0) is 29.3. The summed E-state index contributed by atoms with van der Waals surface area (Å²) in [6, 6.07) is 19.0. The van der Waals surface area contributed by atoms with Gasteiger partial charge < -0.3 is 15.0 Å². The second-order valence-corrected chi connectivity index (χ2v) is 11.6. The number of sulfonamides is 1. The Bertz CT molecular complexity index is 1360. The van der Waals surface area contributed by atoms with Crippen LogP contribution in [0.3, 0.4) is 0 Å². The molecule has 0 fully saturated rings. The summed E-state index contributed by atoms with van der Waals surface area (Å²) < 4.78 is 47.4. The van der Waals surface area contributed by atoms with Crippen LogP contribution in [0, 0.1) is 11.7 Å². The molecule has 10 heteroatoms. The van der Waals surface area contributed by atoms with E-state index in [9.17, 15) is 22.4 Å². The van der Waals surface area contributed by atoms with Crippen molar-refractivity contribution in [2.45, 2.75) is 44.7 Å². The molecule has 3 aromatic carbocycles. The Labute approximate surface area is 235 Å². The molecular weight excluding hydrogens is 533 g/mol. The van der Waals surface area contributed by atoms with Crippen LogP contribution in [0.5, 0.6) is 5.75 Å². The minimum Gasteiger partial charge on any atom is -0.497 e. The summed E-state index contributed by atoms with van der Waals surface area (Å²) in [7, 11) is -2.70. The predicted octanol–water partition coefficient (Wildman–Crippen LogP) is 4.61. The average molecular weight is 570 g/mol. The SMILES string of the molecule is CC[C@@H](C(=O)NCC(C)C)N(Cc1ccc(F)cc1)C(=O)CN(c1ccccc1)S(=O)(=O)c1ccc(OC)cc1. The highest BCUT2D eigenvalue weighted by Gasteiger charge is 2.33. The number of hydrogen-bond acceptors (Lipinski definition) is 5. The third-order valence-electron chi connectivity index (χ3n) is 6.31. The predicted molar refractivity (Wildman–Crippen MR) is 153 cm³/mol. The fraction of sp³-hybridized carbons (Fsp3) is 0.333. The number of methoxy groups -OCH3 is 1. The Morgan fingerprint density at radius 3 is 2.12 bits per heavy atom.